The molecule has 1 N–H and O–H groups in total. The van der Waals surface area contributed by atoms with Crippen LogP contribution in [0.3, 0.4) is 0 Å². The van der Waals surface area contributed by atoms with Crippen molar-refractivity contribution >= 4 is 35.2 Å². The van der Waals surface area contributed by atoms with E-state index >= 15 is 0 Å². The van der Waals surface area contributed by atoms with E-state index in [0.29, 0.717) is 33.7 Å². The Labute approximate surface area is 148 Å². The fourth-order valence-corrected chi connectivity index (χ4v) is 2.24. The molecule has 0 radical (unpaired) electrons. The van der Waals surface area contributed by atoms with Crippen molar-refractivity contribution in [1.29, 1.82) is 0 Å². The lowest BCUT2D eigenvalue weighted by atomic mass is 10.1. The average Bonchev–Trinajstić information content (AvgIpc) is 3.18. The van der Waals surface area contributed by atoms with Gasteiger partial charge in [0, 0.05) is 29.1 Å². The van der Waals surface area contributed by atoms with Gasteiger partial charge in [0.2, 0.25) is 5.91 Å². The summed E-state index contributed by atoms with van der Waals surface area (Å²) >= 11 is 5.86. The Bertz CT molecular complexity index is 899. The van der Waals surface area contributed by atoms with E-state index in [0.717, 1.165) is 0 Å². The average molecular weight is 359 g/mol. The molecule has 0 bridgehead atoms. The third kappa shape index (κ3) is 4.33. The first-order valence-electron chi connectivity index (χ1n) is 7.48. The zero-order chi connectivity index (χ0) is 17.8. The normalized spacial score (nSPS) is 12.4. The van der Waals surface area contributed by atoms with Crippen molar-refractivity contribution in [3.05, 3.63) is 58.6 Å². The molecule has 2 heterocycles. The van der Waals surface area contributed by atoms with Crippen molar-refractivity contribution < 1.29 is 13.8 Å². The van der Waals surface area contributed by atoms with Gasteiger partial charge in [-0.05, 0) is 38.1 Å². The van der Waals surface area contributed by atoms with E-state index in [-0.39, 0.29) is 5.91 Å². The lowest BCUT2D eigenvalue weighted by molar-refractivity contribution is -0.116. The maximum atomic E-state index is 12.7. The van der Waals surface area contributed by atoms with Gasteiger partial charge in [-0.3, -0.25) is 4.79 Å². The molecule has 1 aromatic carbocycles. The Morgan fingerprint density at radius 1 is 1.20 bits per heavy atom. The number of aliphatic imine (C=N–C) groups is 1. The first kappa shape index (κ1) is 16.9. The maximum absolute atomic E-state index is 12.7. The van der Waals surface area contributed by atoms with Crippen LogP contribution in [0.15, 0.2) is 50.4 Å². The van der Waals surface area contributed by atoms with Gasteiger partial charge in [-0.2, -0.15) is 0 Å². The highest BCUT2D eigenvalue weighted by Crippen LogP contribution is 2.21. The molecule has 1 unspecified atom stereocenters. The number of hydrogen-bond acceptors (Lipinski definition) is 6. The number of anilines is 1. The van der Waals surface area contributed by atoms with Crippen molar-refractivity contribution in [2.24, 2.45) is 4.99 Å². The van der Waals surface area contributed by atoms with E-state index in [1.165, 1.54) is 6.21 Å². The van der Waals surface area contributed by atoms with Gasteiger partial charge in [-0.1, -0.05) is 21.9 Å². The third-order valence-corrected chi connectivity index (χ3v) is 3.57. The lowest BCUT2D eigenvalue weighted by Crippen LogP contribution is -2.22. The number of nitrogens with one attached hydrogen (secondary N) is 1. The van der Waals surface area contributed by atoms with Crippen molar-refractivity contribution in [3.8, 4) is 0 Å². The number of aryl methyl sites for hydroxylation is 2. The van der Waals surface area contributed by atoms with Gasteiger partial charge in [-0.15, -0.1) is 0 Å². The molecule has 0 aliphatic carbocycles. The predicted molar refractivity (Wildman–Crippen MR) is 93.5 cm³/mol. The number of benzene rings is 1. The Hall–Kier alpha value is -2.93. The largest absolute Gasteiger partial charge is 0.360 e. The molecular weight excluding hydrogens is 344 g/mol. The van der Waals surface area contributed by atoms with Crippen LogP contribution < -0.4 is 5.32 Å². The number of carbonyl (C=O) groups is 1. The van der Waals surface area contributed by atoms with Crippen LogP contribution in [0.1, 0.15) is 23.1 Å². The minimum atomic E-state index is -0.770. The summed E-state index contributed by atoms with van der Waals surface area (Å²) in [4.78, 5) is 16.9. The molecule has 0 saturated heterocycles. The minimum absolute atomic E-state index is 0.317. The second kappa shape index (κ2) is 7.31. The summed E-state index contributed by atoms with van der Waals surface area (Å²) in [5.74, 6) is 0.298. The highest BCUT2D eigenvalue weighted by atomic mass is 35.5. The zero-order valence-corrected chi connectivity index (χ0v) is 14.3. The Morgan fingerprint density at radius 2 is 1.96 bits per heavy atom. The summed E-state index contributed by atoms with van der Waals surface area (Å²) in [6, 6.07) is 10.2. The monoisotopic (exact) mass is 358 g/mol. The third-order valence-electron chi connectivity index (χ3n) is 3.32. The van der Waals surface area contributed by atoms with Crippen LogP contribution in [0.4, 0.5) is 11.5 Å². The first-order chi connectivity index (χ1) is 12.0. The van der Waals surface area contributed by atoms with Gasteiger partial charge >= 0.3 is 0 Å². The molecule has 128 valence electrons. The van der Waals surface area contributed by atoms with Crippen LogP contribution in [0, 0.1) is 13.8 Å². The van der Waals surface area contributed by atoms with Crippen LogP contribution >= 0.6 is 11.6 Å². The van der Waals surface area contributed by atoms with E-state index in [1.807, 2.05) is 0 Å². The predicted octanol–water partition coefficient (Wildman–Crippen LogP) is 4.06. The van der Waals surface area contributed by atoms with Crippen LogP contribution in [-0.4, -0.2) is 22.4 Å². The Morgan fingerprint density at radius 3 is 2.56 bits per heavy atom. The van der Waals surface area contributed by atoms with Crippen molar-refractivity contribution in [1.82, 2.24) is 10.3 Å². The molecular formula is C17H15ClN4O3. The molecule has 0 fully saturated rings. The number of hydrogen-bond donors (Lipinski definition) is 1. The first-order valence-corrected chi connectivity index (χ1v) is 7.86. The molecule has 2 aromatic heterocycles. The fourth-order valence-electron chi connectivity index (χ4n) is 2.12. The molecule has 0 saturated carbocycles. The molecule has 0 aliphatic heterocycles. The summed E-state index contributed by atoms with van der Waals surface area (Å²) in [6.07, 6.45) is 1.45. The molecule has 0 aliphatic rings. The van der Waals surface area contributed by atoms with E-state index in [4.69, 9.17) is 20.6 Å². The van der Waals surface area contributed by atoms with Crippen LogP contribution in [0.25, 0.3) is 0 Å². The summed E-state index contributed by atoms with van der Waals surface area (Å²) < 4.78 is 10.2. The molecule has 3 rings (SSSR count). The smallest absolute Gasteiger partial charge is 0.240 e. The highest BCUT2D eigenvalue weighted by molar-refractivity contribution is 6.30. The van der Waals surface area contributed by atoms with Crippen LogP contribution in [0.2, 0.25) is 5.02 Å². The van der Waals surface area contributed by atoms with Crippen molar-refractivity contribution in [3.63, 3.8) is 0 Å². The second-order valence-corrected chi connectivity index (χ2v) is 5.85. The van der Waals surface area contributed by atoms with Crippen molar-refractivity contribution in [2.75, 3.05) is 5.32 Å². The summed E-state index contributed by atoms with van der Waals surface area (Å²) in [6.45, 7) is 3.54. The molecule has 0 spiro atoms. The standard InChI is InChI=1S/C17H15ClN4O3/c1-10-7-15(25-21-10)14(9-19-16-8-11(2)24-22-16)17(23)20-13-5-3-12(18)4-6-13/h3-9,14H,1-2H3,(H,20,23). The zero-order valence-electron chi connectivity index (χ0n) is 13.6. The summed E-state index contributed by atoms with van der Waals surface area (Å²) in [7, 11) is 0. The van der Waals surface area contributed by atoms with E-state index in [2.05, 4.69) is 20.6 Å². The van der Waals surface area contributed by atoms with Crippen molar-refractivity contribution in [2.45, 2.75) is 19.8 Å². The van der Waals surface area contributed by atoms with E-state index in [1.54, 1.807) is 50.2 Å². The van der Waals surface area contributed by atoms with Gasteiger partial charge in [-0.25, -0.2) is 4.99 Å². The number of nitrogens with zero attached hydrogens (tertiary/aromatic N) is 3. The van der Waals surface area contributed by atoms with Crippen LogP contribution in [0.5, 0.6) is 0 Å². The Balaban J connectivity index is 1.83. The maximum Gasteiger partial charge on any atom is 0.240 e. The highest BCUT2D eigenvalue weighted by Gasteiger charge is 2.23. The number of aromatic nitrogens is 2. The molecule has 3 aromatic rings. The van der Waals surface area contributed by atoms with E-state index in [9.17, 15) is 4.79 Å². The molecule has 25 heavy (non-hydrogen) atoms. The SMILES string of the molecule is Cc1cc(C(C=Nc2cc(C)on2)C(=O)Nc2ccc(Cl)cc2)on1. The topological polar surface area (TPSA) is 93.5 Å². The van der Waals surface area contributed by atoms with Crippen LogP contribution in [-0.2, 0) is 4.79 Å². The minimum Gasteiger partial charge on any atom is -0.360 e. The van der Waals surface area contributed by atoms with Gasteiger partial charge in [0.1, 0.15) is 11.7 Å². The number of halogens is 1. The fraction of sp³-hybridized carbons (Fsp3) is 0.176. The van der Waals surface area contributed by atoms with Gasteiger partial charge in [0.05, 0.1) is 5.69 Å². The molecule has 7 nitrogen and oxygen atoms in total. The van der Waals surface area contributed by atoms with Gasteiger partial charge in [0.25, 0.3) is 0 Å². The summed E-state index contributed by atoms with van der Waals surface area (Å²) in [5.41, 5.74) is 1.28. The number of rotatable bonds is 5. The molecule has 1 atom stereocenters. The van der Waals surface area contributed by atoms with E-state index < -0.39 is 5.92 Å². The second-order valence-electron chi connectivity index (χ2n) is 5.42. The Kier molecular flexibility index (Phi) is 4.95. The van der Waals surface area contributed by atoms with Gasteiger partial charge in [0.15, 0.2) is 11.6 Å². The molecule has 8 heteroatoms. The lowest BCUT2D eigenvalue weighted by Gasteiger charge is -2.10. The van der Waals surface area contributed by atoms with Gasteiger partial charge < -0.3 is 14.4 Å². The molecule has 1 amide bonds. The number of carbonyl (C=O) groups excluding carboxylic acids is 1. The quantitative estimate of drug-likeness (QED) is 0.694. The summed E-state index contributed by atoms with van der Waals surface area (Å²) in [5, 5.41) is 11.0. The number of amides is 1.